The zero-order valence-electron chi connectivity index (χ0n) is 8.42. The van der Waals surface area contributed by atoms with Gasteiger partial charge in [0.15, 0.2) is 0 Å². The van der Waals surface area contributed by atoms with Crippen LogP contribution in [0.5, 0.6) is 0 Å². The summed E-state index contributed by atoms with van der Waals surface area (Å²) in [4.78, 5) is 2.40. The van der Waals surface area contributed by atoms with Crippen LogP contribution in [0, 0.1) is 5.92 Å². The van der Waals surface area contributed by atoms with Gasteiger partial charge in [0, 0.05) is 6.04 Å². The molecule has 1 aliphatic rings. The lowest BCUT2D eigenvalue weighted by Crippen LogP contribution is -2.29. The molecule has 1 aliphatic heterocycles. The van der Waals surface area contributed by atoms with Gasteiger partial charge in [0.25, 0.3) is 0 Å². The first-order chi connectivity index (χ1) is 5.74. The molecule has 0 aromatic rings. The quantitative estimate of drug-likeness (QED) is 0.680. The molecule has 1 saturated heterocycles. The Hall–Kier alpha value is -0.0800. The van der Waals surface area contributed by atoms with Crippen molar-refractivity contribution in [1.29, 1.82) is 0 Å². The molecular formula is C10H22N2. The molecule has 0 saturated carbocycles. The van der Waals surface area contributed by atoms with Gasteiger partial charge >= 0.3 is 0 Å². The van der Waals surface area contributed by atoms with E-state index in [1.54, 1.807) is 0 Å². The largest absolute Gasteiger partial charge is 0.327 e. The molecule has 0 radical (unpaired) electrons. The molecular weight excluding hydrogens is 148 g/mol. The van der Waals surface area contributed by atoms with Crippen molar-refractivity contribution in [2.75, 3.05) is 20.1 Å². The van der Waals surface area contributed by atoms with Gasteiger partial charge in [-0.05, 0) is 45.3 Å². The summed E-state index contributed by atoms with van der Waals surface area (Å²) in [5, 5.41) is 0. The molecule has 1 fully saturated rings. The summed E-state index contributed by atoms with van der Waals surface area (Å²) in [5.41, 5.74) is 6.10. The fraction of sp³-hybridized carbons (Fsp3) is 1.00. The topological polar surface area (TPSA) is 29.3 Å². The average Bonchev–Trinajstić information content (AvgIpc) is 2.20. The van der Waals surface area contributed by atoms with Gasteiger partial charge in [0.1, 0.15) is 0 Å². The second-order valence-corrected chi connectivity index (χ2v) is 4.09. The van der Waals surface area contributed by atoms with Crippen molar-refractivity contribution >= 4 is 0 Å². The zero-order chi connectivity index (χ0) is 8.97. The van der Waals surface area contributed by atoms with Gasteiger partial charge in [0.05, 0.1) is 0 Å². The predicted octanol–water partition coefficient (Wildman–Crippen LogP) is 1.46. The highest BCUT2D eigenvalue weighted by Crippen LogP contribution is 2.20. The molecule has 0 spiro atoms. The zero-order valence-corrected chi connectivity index (χ0v) is 8.42. The van der Waals surface area contributed by atoms with E-state index in [-0.39, 0.29) is 0 Å². The highest BCUT2D eigenvalue weighted by molar-refractivity contribution is 4.78. The van der Waals surface area contributed by atoms with Crippen molar-refractivity contribution < 1.29 is 0 Å². The minimum absolute atomic E-state index is 0.454. The van der Waals surface area contributed by atoms with Crippen LogP contribution in [0.4, 0.5) is 0 Å². The molecule has 0 aromatic carbocycles. The van der Waals surface area contributed by atoms with Gasteiger partial charge in [-0.15, -0.1) is 0 Å². The second kappa shape index (κ2) is 4.83. The molecule has 0 aliphatic carbocycles. The van der Waals surface area contributed by atoms with Gasteiger partial charge in [-0.3, -0.25) is 0 Å². The van der Waals surface area contributed by atoms with Crippen molar-refractivity contribution in [2.45, 2.75) is 38.6 Å². The van der Waals surface area contributed by atoms with E-state index in [1.807, 2.05) is 0 Å². The minimum Gasteiger partial charge on any atom is -0.327 e. The van der Waals surface area contributed by atoms with Crippen molar-refractivity contribution in [1.82, 2.24) is 4.90 Å². The van der Waals surface area contributed by atoms with Gasteiger partial charge < -0.3 is 10.6 Å². The summed E-state index contributed by atoms with van der Waals surface area (Å²) in [6.45, 7) is 4.67. The molecule has 2 heteroatoms. The number of nitrogens with zero attached hydrogens (tertiary/aromatic N) is 1. The Morgan fingerprint density at radius 3 is 2.67 bits per heavy atom. The van der Waals surface area contributed by atoms with E-state index in [9.17, 15) is 0 Å². The number of nitrogens with two attached hydrogens (primary N) is 1. The summed E-state index contributed by atoms with van der Waals surface area (Å²) >= 11 is 0. The monoisotopic (exact) mass is 170 g/mol. The standard InChI is InChI=1S/C10H22N2/c1-3-4-9-5-7-12(2)8-6-10(9)11/h9-10H,3-8,11H2,1-2H3. The Morgan fingerprint density at radius 2 is 2.00 bits per heavy atom. The summed E-state index contributed by atoms with van der Waals surface area (Å²) in [6.07, 6.45) is 5.07. The maximum atomic E-state index is 6.10. The van der Waals surface area contributed by atoms with Crippen LogP contribution in [-0.4, -0.2) is 31.1 Å². The maximum Gasteiger partial charge on any atom is 0.00798 e. The summed E-state index contributed by atoms with van der Waals surface area (Å²) in [7, 11) is 2.20. The SMILES string of the molecule is CCCC1CCN(C)CCC1N. The second-order valence-electron chi connectivity index (χ2n) is 4.09. The molecule has 1 heterocycles. The van der Waals surface area contributed by atoms with E-state index >= 15 is 0 Å². The first-order valence-corrected chi connectivity index (χ1v) is 5.18. The van der Waals surface area contributed by atoms with Crippen LogP contribution < -0.4 is 5.73 Å². The van der Waals surface area contributed by atoms with Crippen LogP contribution in [0.1, 0.15) is 32.6 Å². The Labute approximate surface area is 76.1 Å². The average molecular weight is 170 g/mol. The van der Waals surface area contributed by atoms with Crippen molar-refractivity contribution in [3.8, 4) is 0 Å². The molecule has 12 heavy (non-hydrogen) atoms. The summed E-state index contributed by atoms with van der Waals surface area (Å²) in [6, 6.07) is 0.454. The maximum absolute atomic E-state index is 6.10. The van der Waals surface area contributed by atoms with Gasteiger partial charge in [-0.2, -0.15) is 0 Å². The third kappa shape index (κ3) is 2.76. The fourth-order valence-electron chi connectivity index (χ4n) is 2.05. The Kier molecular flexibility index (Phi) is 4.02. The third-order valence-electron chi connectivity index (χ3n) is 2.99. The van der Waals surface area contributed by atoms with E-state index in [0.717, 1.165) is 5.92 Å². The molecule has 2 atom stereocenters. The first kappa shape index (κ1) is 10.0. The normalized spacial score (nSPS) is 33.2. The van der Waals surface area contributed by atoms with Crippen LogP contribution in [0.25, 0.3) is 0 Å². The van der Waals surface area contributed by atoms with Gasteiger partial charge in [-0.25, -0.2) is 0 Å². The minimum atomic E-state index is 0.454. The van der Waals surface area contributed by atoms with Crippen LogP contribution >= 0.6 is 0 Å². The lowest BCUT2D eigenvalue weighted by atomic mass is 9.91. The fourth-order valence-corrected chi connectivity index (χ4v) is 2.05. The molecule has 1 rings (SSSR count). The van der Waals surface area contributed by atoms with Gasteiger partial charge in [0.2, 0.25) is 0 Å². The van der Waals surface area contributed by atoms with E-state index < -0.39 is 0 Å². The van der Waals surface area contributed by atoms with E-state index in [1.165, 1.54) is 38.8 Å². The third-order valence-corrected chi connectivity index (χ3v) is 2.99. The summed E-state index contributed by atoms with van der Waals surface area (Å²) in [5.74, 6) is 0.778. The smallest absolute Gasteiger partial charge is 0.00798 e. The Balaban J connectivity index is 2.38. The number of hydrogen-bond acceptors (Lipinski definition) is 2. The molecule has 2 nitrogen and oxygen atoms in total. The lowest BCUT2D eigenvalue weighted by molar-refractivity contribution is 0.337. The van der Waals surface area contributed by atoms with Crippen molar-refractivity contribution in [3.63, 3.8) is 0 Å². The van der Waals surface area contributed by atoms with Crippen LogP contribution in [0.2, 0.25) is 0 Å². The van der Waals surface area contributed by atoms with E-state index in [0.29, 0.717) is 6.04 Å². The lowest BCUT2D eigenvalue weighted by Gasteiger charge is -2.19. The molecule has 0 aromatic heterocycles. The van der Waals surface area contributed by atoms with Crippen molar-refractivity contribution in [3.05, 3.63) is 0 Å². The van der Waals surface area contributed by atoms with E-state index in [2.05, 4.69) is 18.9 Å². The highest BCUT2D eigenvalue weighted by atomic mass is 15.1. The number of hydrogen-bond donors (Lipinski definition) is 1. The molecule has 0 amide bonds. The molecule has 2 N–H and O–H groups in total. The highest BCUT2D eigenvalue weighted by Gasteiger charge is 2.20. The molecule has 72 valence electrons. The molecule has 0 bridgehead atoms. The van der Waals surface area contributed by atoms with Crippen LogP contribution in [0.15, 0.2) is 0 Å². The summed E-state index contributed by atoms with van der Waals surface area (Å²) < 4.78 is 0. The Morgan fingerprint density at radius 1 is 1.33 bits per heavy atom. The number of rotatable bonds is 2. The molecule has 2 unspecified atom stereocenters. The first-order valence-electron chi connectivity index (χ1n) is 5.18. The van der Waals surface area contributed by atoms with Crippen LogP contribution in [0.3, 0.4) is 0 Å². The van der Waals surface area contributed by atoms with Crippen LogP contribution in [-0.2, 0) is 0 Å². The number of likely N-dealkylation sites (tertiary alicyclic amines) is 1. The predicted molar refractivity (Wildman–Crippen MR) is 53.1 cm³/mol. The van der Waals surface area contributed by atoms with Crippen molar-refractivity contribution in [2.24, 2.45) is 11.7 Å². The Bertz CT molecular complexity index is 125. The van der Waals surface area contributed by atoms with Gasteiger partial charge in [-0.1, -0.05) is 13.3 Å². The van der Waals surface area contributed by atoms with E-state index in [4.69, 9.17) is 5.73 Å².